The van der Waals surface area contributed by atoms with Crippen molar-refractivity contribution in [2.75, 3.05) is 0 Å². The van der Waals surface area contributed by atoms with E-state index in [1.54, 1.807) is 0 Å². The Morgan fingerprint density at radius 1 is 0.750 bits per heavy atom. The first kappa shape index (κ1) is 13.7. The van der Waals surface area contributed by atoms with Gasteiger partial charge in [-0.2, -0.15) is 4.98 Å². The average Bonchev–Trinajstić information content (AvgIpc) is 2.62. The van der Waals surface area contributed by atoms with E-state index in [0.29, 0.717) is 11.0 Å². The van der Waals surface area contributed by atoms with E-state index in [1.807, 2.05) is 48.5 Å². The summed E-state index contributed by atoms with van der Waals surface area (Å²) in [4.78, 5) is 17.0. The van der Waals surface area contributed by atoms with E-state index < -0.39 is 0 Å². The molecule has 3 aromatic carbocycles. The molecule has 0 radical (unpaired) electrons. The van der Waals surface area contributed by atoms with Crippen molar-refractivity contribution in [1.82, 2.24) is 9.38 Å². The minimum atomic E-state index is -0.202. The van der Waals surface area contributed by atoms with Crippen LogP contribution in [0.3, 0.4) is 0 Å². The van der Waals surface area contributed by atoms with Gasteiger partial charge in [0.15, 0.2) is 0 Å². The van der Waals surface area contributed by atoms with Crippen LogP contribution in [0.5, 0.6) is 0 Å². The highest BCUT2D eigenvalue weighted by atomic mass is 79.9. The van der Waals surface area contributed by atoms with E-state index >= 15 is 0 Å². The summed E-state index contributed by atoms with van der Waals surface area (Å²) in [6, 6.07) is 22.1. The SMILES string of the molecule is O=c1nc2c3ccccc3c3ccccc3n2c2ccc(Br)cc12. The Hall–Kier alpha value is -2.72. The molecule has 5 rings (SSSR count). The Balaban J connectivity index is 2.24. The minimum absolute atomic E-state index is 0.202. The maximum Gasteiger partial charge on any atom is 0.281 e. The molecular formula is C20H11BrN2O. The van der Waals surface area contributed by atoms with Crippen molar-refractivity contribution < 1.29 is 0 Å². The lowest BCUT2D eigenvalue weighted by atomic mass is 10.1. The Bertz CT molecular complexity index is 1340. The molecule has 0 saturated heterocycles. The van der Waals surface area contributed by atoms with E-state index in [2.05, 4.69) is 43.5 Å². The monoisotopic (exact) mass is 374 g/mol. The van der Waals surface area contributed by atoms with Gasteiger partial charge in [0, 0.05) is 15.2 Å². The molecule has 5 aromatic rings. The van der Waals surface area contributed by atoms with Crippen molar-refractivity contribution >= 4 is 54.2 Å². The van der Waals surface area contributed by atoms with Crippen molar-refractivity contribution in [3.05, 3.63) is 81.6 Å². The molecule has 0 saturated carbocycles. The summed E-state index contributed by atoms with van der Waals surface area (Å²) in [5.41, 5.74) is 2.41. The molecule has 0 spiro atoms. The van der Waals surface area contributed by atoms with Crippen LogP contribution < -0.4 is 5.56 Å². The molecule has 3 nitrogen and oxygen atoms in total. The molecule has 0 N–H and O–H groups in total. The van der Waals surface area contributed by atoms with E-state index in [4.69, 9.17) is 0 Å². The van der Waals surface area contributed by atoms with Crippen LogP contribution in [0.1, 0.15) is 0 Å². The van der Waals surface area contributed by atoms with Gasteiger partial charge < -0.3 is 0 Å². The normalized spacial score (nSPS) is 11.7. The summed E-state index contributed by atoms with van der Waals surface area (Å²) >= 11 is 3.44. The maximum absolute atomic E-state index is 12.6. The summed E-state index contributed by atoms with van der Waals surface area (Å²) in [5, 5.41) is 3.85. The van der Waals surface area contributed by atoms with Crippen LogP contribution >= 0.6 is 15.9 Å². The quantitative estimate of drug-likeness (QED) is 0.360. The van der Waals surface area contributed by atoms with Crippen LogP contribution in [-0.4, -0.2) is 9.38 Å². The predicted molar refractivity (Wildman–Crippen MR) is 102 cm³/mol. The van der Waals surface area contributed by atoms with Gasteiger partial charge in [-0.15, -0.1) is 0 Å². The van der Waals surface area contributed by atoms with Gasteiger partial charge in [0.25, 0.3) is 5.56 Å². The molecule has 114 valence electrons. The summed E-state index contributed by atoms with van der Waals surface area (Å²) in [5.74, 6) is 0. The van der Waals surface area contributed by atoms with E-state index in [9.17, 15) is 4.79 Å². The molecule has 0 bridgehead atoms. The second kappa shape index (κ2) is 4.89. The molecule has 4 heteroatoms. The number of pyridine rings is 1. The Morgan fingerprint density at radius 2 is 1.42 bits per heavy atom. The third kappa shape index (κ3) is 1.77. The highest BCUT2D eigenvalue weighted by Crippen LogP contribution is 2.30. The number of fused-ring (bicyclic) bond motifs is 8. The molecule has 2 aromatic heterocycles. The fourth-order valence-corrected chi connectivity index (χ4v) is 3.79. The zero-order valence-electron chi connectivity index (χ0n) is 12.5. The fraction of sp³-hybridized carbons (Fsp3) is 0. The topological polar surface area (TPSA) is 34.4 Å². The minimum Gasteiger partial charge on any atom is -0.293 e. The molecule has 24 heavy (non-hydrogen) atoms. The lowest BCUT2D eigenvalue weighted by molar-refractivity contribution is 1.19. The number of hydrogen-bond acceptors (Lipinski definition) is 2. The fourth-order valence-electron chi connectivity index (χ4n) is 3.43. The van der Waals surface area contributed by atoms with E-state index in [1.165, 1.54) is 0 Å². The molecule has 0 aliphatic heterocycles. The van der Waals surface area contributed by atoms with Gasteiger partial charge in [0.05, 0.1) is 16.4 Å². The first-order chi connectivity index (χ1) is 11.7. The van der Waals surface area contributed by atoms with Gasteiger partial charge in [-0.05, 0) is 29.7 Å². The highest BCUT2D eigenvalue weighted by molar-refractivity contribution is 9.10. The number of halogens is 1. The number of para-hydroxylation sites is 1. The van der Waals surface area contributed by atoms with Gasteiger partial charge in [0.2, 0.25) is 0 Å². The van der Waals surface area contributed by atoms with Gasteiger partial charge in [-0.3, -0.25) is 9.20 Å². The van der Waals surface area contributed by atoms with Crippen molar-refractivity contribution in [1.29, 1.82) is 0 Å². The number of hydrogen-bond donors (Lipinski definition) is 0. The van der Waals surface area contributed by atoms with Crippen LogP contribution in [0.2, 0.25) is 0 Å². The average molecular weight is 375 g/mol. The van der Waals surface area contributed by atoms with Crippen LogP contribution in [0, 0.1) is 0 Å². The zero-order valence-corrected chi connectivity index (χ0v) is 14.1. The third-order valence-corrected chi connectivity index (χ3v) is 4.95. The number of aromatic nitrogens is 2. The Kier molecular flexibility index (Phi) is 2.79. The lowest BCUT2D eigenvalue weighted by Crippen LogP contribution is -2.11. The first-order valence-electron chi connectivity index (χ1n) is 7.65. The van der Waals surface area contributed by atoms with Gasteiger partial charge in [0.1, 0.15) is 5.65 Å². The number of nitrogens with zero attached hydrogens (tertiary/aromatic N) is 2. The molecule has 0 atom stereocenters. The summed E-state index contributed by atoms with van der Waals surface area (Å²) in [6.07, 6.45) is 0. The molecule has 0 unspecified atom stereocenters. The zero-order chi connectivity index (χ0) is 16.3. The molecule has 0 aliphatic carbocycles. The van der Waals surface area contributed by atoms with Crippen molar-refractivity contribution in [2.45, 2.75) is 0 Å². The van der Waals surface area contributed by atoms with Crippen molar-refractivity contribution in [2.24, 2.45) is 0 Å². The van der Waals surface area contributed by atoms with Crippen LogP contribution in [0.4, 0.5) is 0 Å². The largest absolute Gasteiger partial charge is 0.293 e. The van der Waals surface area contributed by atoms with Crippen LogP contribution in [0.25, 0.3) is 38.2 Å². The third-order valence-electron chi connectivity index (χ3n) is 4.45. The lowest BCUT2D eigenvalue weighted by Gasteiger charge is -2.13. The van der Waals surface area contributed by atoms with E-state index in [-0.39, 0.29) is 5.56 Å². The number of rotatable bonds is 0. The van der Waals surface area contributed by atoms with Gasteiger partial charge >= 0.3 is 0 Å². The van der Waals surface area contributed by atoms with Crippen LogP contribution in [0.15, 0.2) is 76.0 Å². The summed E-state index contributed by atoms with van der Waals surface area (Å²) in [6.45, 7) is 0. The number of benzene rings is 3. The van der Waals surface area contributed by atoms with Gasteiger partial charge in [-0.1, -0.05) is 58.4 Å². The smallest absolute Gasteiger partial charge is 0.281 e. The molecular weight excluding hydrogens is 364 g/mol. The molecule has 0 amide bonds. The highest BCUT2D eigenvalue weighted by Gasteiger charge is 2.13. The molecule has 0 aliphatic rings. The molecule has 0 fully saturated rings. The summed E-state index contributed by atoms with van der Waals surface area (Å²) in [7, 11) is 0. The second-order valence-corrected chi connectivity index (χ2v) is 6.72. The van der Waals surface area contributed by atoms with Crippen molar-refractivity contribution in [3.8, 4) is 0 Å². The van der Waals surface area contributed by atoms with Gasteiger partial charge in [-0.25, -0.2) is 0 Å². The second-order valence-electron chi connectivity index (χ2n) is 5.80. The Morgan fingerprint density at radius 3 is 2.25 bits per heavy atom. The summed E-state index contributed by atoms with van der Waals surface area (Å²) < 4.78 is 2.96. The first-order valence-corrected chi connectivity index (χ1v) is 8.45. The Labute approximate surface area is 145 Å². The predicted octanol–water partition coefficient (Wildman–Crippen LogP) is 4.92. The van der Waals surface area contributed by atoms with E-state index in [0.717, 1.165) is 31.7 Å². The maximum atomic E-state index is 12.6. The van der Waals surface area contributed by atoms with Crippen LogP contribution in [-0.2, 0) is 0 Å². The molecule has 2 heterocycles. The van der Waals surface area contributed by atoms with Crippen molar-refractivity contribution in [3.63, 3.8) is 0 Å². The standard InChI is InChI=1S/C20H11BrN2O/c21-12-9-10-18-16(11-12)20(24)22-19-15-7-2-1-5-13(15)14-6-3-4-8-17(14)23(18)19/h1-11H.